The van der Waals surface area contributed by atoms with Crippen LogP contribution >= 0.6 is 23.1 Å². The zero-order valence-corrected chi connectivity index (χ0v) is 13.6. The third-order valence-corrected chi connectivity index (χ3v) is 6.00. The lowest BCUT2D eigenvalue weighted by molar-refractivity contribution is -0.169. The van der Waals surface area contributed by atoms with Gasteiger partial charge in [0.05, 0.1) is 23.4 Å². The molecule has 0 atom stereocenters. The first kappa shape index (κ1) is 13.8. The Balaban J connectivity index is 1.54. The Morgan fingerprint density at radius 3 is 2.71 bits per heavy atom. The number of thiazole rings is 1. The Morgan fingerprint density at radius 2 is 2.00 bits per heavy atom. The van der Waals surface area contributed by atoms with E-state index in [0.717, 1.165) is 49.8 Å². The van der Waals surface area contributed by atoms with Crippen molar-refractivity contribution >= 4 is 38.4 Å². The summed E-state index contributed by atoms with van der Waals surface area (Å²) >= 11 is 3.56. The minimum absolute atomic E-state index is 0.306. The molecule has 4 rings (SSSR count). The van der Waals surface area contributed by atoms with E-state index in [1.807, 2.05) is 0 Å². The third-order valence-electron chi connectivity index (χ3n) is 4.19. The fraction of sp³-hybridized carbons (Fsp3) is 0.533. The molecule has 2 fully saturated rings. The van der Waals surface area contributed by atoms with E-state index in [1.165, 1.54) is 9.60 Å². The lowest BCUT2D eigenvalue weighted by Gasteiger charge is -2.37. The van der Waals surface area contributed by atoms with E-state index in [2.05, 4.69) is 29.4 Å². The predicted octanol–water partition coefficient (Wildman–Crippen LogP) is 3.36. The van der Waals surface area contributed by atoms with Crippen LogP contribution in [0.2, 0.25) is 0 Å². The van der Waals surface area contributed by atoms with Crippen molar-refractivity contribution in [3.8, 4) is 0 Å². The summed E-state index contributed by atoms with van der Waals surface area (Å²) in [4.78, 5) is 8.44. The fourth-order valence-electron chi connectivity index (χ4n) is 2.98. The molecule has 4 nitrogen and oxygen atoms in total. The molecule has 2 aliphatic heterocycles. The second-order valence-electron chi connectivity index (χ2n) is 5.42. The average molecular weight is 322 g/mol. The number of anilines is 1. The summed E-state index contributed by atoms with van der Waals surface area (Å²) in [6.45, 7) is 3.38. The van der Waals surface area contributed by atoms with Gasteiger partial charge in [0.2, 0.25) is 0 Å². The van der Waals surface area contributed by atoms with Crippen LogP contribution in [0.25, 0.3) is 10.2 Å². The summed E-state index contributed by atoms with van der Waals surface area (Å²) in [7, 11) is 0. The summed E-state index contributed by atoms with van der Waals surface area (Å²) in [6, 6.07) is 6.49. The maximum Gasteiger partial charge on any atom is 0.186 e. The van der Waals surface area contributed by atoms with E-state index in [-0.39, 0.29) is 5.79 Å². The van der Waals surface area contributed by atoms with Gasteiger partial charge in [-0.2, -0.15) is 0 Å². The van der Waals surface area contributed by atoms with Gasteiger partial charge in [-0.05, 0) is 24.5 Å². The molecule has 0 bridgehead atoms. The van der Waals surface area contributed by atoms with Crippen molar-refractivity contribution in [2.45, 2.75) is 23.5 Å². The number of ether oxygens (including phenoxy) is 2. The number of benzene rings is 1. The molecule has 1 aromatic carbocycles. The highest BCUT2D eigenvalue weighted by molar-refractivity contribution is 7.98. The van der Waals surface area contributed by atoms with Crippen LogP contribution in [0.1, 0.15) is 12.8 Å². The van der Waals surface area contributed by atoms with Crippen LogP contribution in [0, 0.1) is 0 Å². The second kappa shape index (κ2) is 5.43. The maximum atomic E-state index is 5.79. The highest BCUT2D eigenvalue weighted by Crippen LogP contribution is 2.36. The van der Waals surface area contributed by atoms with Crippen molar-refractivity contribution in [2.75, 3.05) is 37.5 Å². The number of nitrogens with zero attached hydrogens (tertiary/aromatic N) is 2. The highest BCUT2D eigenvalue weighted by Gasteiger charge is 2.40. The van der Waals surface area contributed by atoms with Crippen LogP contribution in [-0.4, -0.2) is 43.3 Å². The molecule has 21 heavy (non-hydrogen) atoms. The van der Waals surface area contributed by atoms with Gasteiger partial charge in [0.25, 0.3) is 0 Å². The Morgan fingerprint density at radius 1 is 1.24 bits per heavy atom. The lowest BCUT2D eigenvalue weighted by Crippen LogP contribution is -2.45. The molecule has 0 saturated carbocycles. The molecule has 0 radical (unpaired) electrons. The molecule has 0 amide bonds. The van der Waals surface area contributed by atoms with E-state index in [9.17, 15) is 0 Å². The van der Waals surface area contributed by atoms with Gasteiger partial charge in [0.15, 0.2) is 10.9 Å². The van der Waals surface area contributed by atoms with Crippen LogP contribution in [0.15, 0.2) is 23.1 Å². The van der Waals surface area contributed by atoms with Gasteiger partial charge in [-0.15, -0.1) is 11.8 Å². The molecule has 0 aliphatic carbocycles. The van der Waals surface area contributed by atoms with Gasteiger partial charge in [-0.1, -0.05) is 11.3 Å². The Hall–Kier alpha value is -0.820. The monoisotopic (exact) mass is 322 g/mol. The zero-order chi connectivity index (χ0) is 14.3. The number of fused-ring (bicyclic) bond motifs is 1. The first-order valence-corrected chi connectivity index (χ1v) is 9.30. The van der Waals surface area contributed by atoms with E-state index < -0.39 is 0 Å². The van der Waals surface area contributed by atoms with Crippen LogP contribution in [0.5, 0.6) is 0 Å². The van der Waals surface area contributed by atoms with Crippen molar-refractivity contribution in [3.63, 3.8) is 0 Å². The normalized spacial score (nSPS) is 21.5. The summed E-state index contributed by atoms with van der Waals surface area (Å²) in [5, 5.41) is 1.12. The van der Waals surface area contributed by atoms with E-state index in [1.54, 1.807) is 23.1 Å². The molecule has 3 heterocycles. The molecule has 0 N–H and O–H groups in total. The summed E-state index contributed by atoms with van der Waals surface area (Å²) < 4.78 is 12.8. The molecule has 112 valence electrons. The number of rotatable bonds is 2. The van der Waals surface area contributed by atoms with Crippen LogP contribution < -0.4 is 4.90 Å². The molecular weight excluding hydrogens is 304 g/mol. The SMILES string of the molecule is CSc1ccc2nc(N3CCC4(CC3)OCCO4)sc2c1. The van der Waals surface area contributed by atoms with Gasteiger partial charge in [0, 0.05) is 30.8 Å². The van der Waals surface area contributed by atoms with Gasteiger partial charge >= 0.3 is 0 Å². The lowest BCUT2D eigenvalue weighted by atomic mass is 10.0. The predicted molar refractivity (Wildman–Crippen MR) is 87.5 cm³/mol. The molecular formula is C15H18N2O2S2. The number of hydrogen-bond acceptors (Lipinski definition) is 6. The Bertz CT molecular complexity index is 642. The zero-order valence-electron chi connectivity index (χ0n) is 12.0. The van der Waals surface area contributed by atoms with E-state index in [0.29, 0.717) is 0 Å². The Kier molecular flexibility index (Phi) is 3.57. The molecule has 2 aromatic rings. The maximum absolute atomic E-state index is 5.79. The van der Waals surface area contributed by atoms with Gasteiger partial charge in [0.1, 0.15) is 0 Å². The van der Waals surface area contributed by atoms with Crippen LogP contribution in [0.3, 0.4) is 0 Å². The third kappa shape index (κ3) is 2.54. The van der Waals surface area contributed by atoms with E-state index >= 15 is 0 Å². The van der Waals surface area contributed by atoms with Crippen LogP contribution in [-0.2, 0) is 9.47 Å². The topological polar surface area (TPSA) is 34.6 Å². The quantitative estimate of drug-likeness (QED) is 0.792. The van der Waals surface area contributed by atoms with Crippen LogP contribution in [0.4, 0.5) is 5.13 Å². The van der Waals surface area contributed by atoms with Crippen molar-refractivity contribution in [1.82, 2.24) is 4.98 Å². The van der Waals surface area contributed by atoms with Crippen molar-refractivity contribution in [3.05, 3.63) is 18.2 Å². The van der Waals surface area contributed by atoms with Gasteiger partial charge in [-0.25, -0.2) is 4.98 Å². The van der Waals surface area contributed by atoms with Crippen molar-refractivity contribution < 1.29 is 9.47 Å². The Labute approximate surface area is 132 Å². The molecule has 6 heteroatoms. The smallest absolute Gasteiger partial charge is 0.186 e. The number of hydrogen-bond donors (Lipinski definition) is 0. The average Bonchev–Trinajstić information content (AvgIpc) is 3.14. The summed E-state index contributed by atoms with van der Waals surface area (Å²) in [5.41, 5.74) is 1.10. The number of thioether (sulfide) groups is 1. The molecule has 1 aromatic heterocycles. The first-order chi connectivity index (χ1) is 10.3. The number of piperidine rings is 1. The van der Waals surface area contributed by atoms with E-state index in [4.69, 9.17) is 14.5 Å². The summed E-state index contributed by atoms with van der Waals surface area (Å²) in [5.74, 6) is -0.306. The molecule has 2 aliphatic rings. The first-order valence-electron chi connectivity index (χ1n) is 7.25. The molecule has 2 saturated heterocycles. The highest BCUT2D eigenvalue weighted by atomic mass is 32.2. The van der Waals surface area contributed by atoms with Gasteiger partial charge in [-0.3, -0.25) is 0 Å². The minimum atomic E-state index is -0.306. The molecule has 0 unspecified atom stereocenters. The van der Waals surface area contributed by atoms with Gasteiger partial charge < -0.3 is 14.4 Å². The standard InChI is InChI=1S/C15H18N2O2S2/c1-20-11-2-3-12-13(10-11)21-14(16-12)17-6-4-15(5-7-17)18-8-9-19-15/h2-3,10H,4-9H2,1H3. The van der Waals surface area contributed by atoms with Crippen molar-refractivity contribution in [1.29, 1.82) is 0 Å². The second-order valence-corrected chi connectivity index (χ2v) is 7.31. The van der Waals surface area contributed by atoms with Crippen molar-refractivity contribution in [2.24, 2.45) is 0 Å². The largest absolute Gasteiger partial charge is 0.348 e. The fourth-order valence-corrected chi connectivity index (χ4v) is 4.55. The minimum Gasteiger partial charge on any atom is -0.348 e. The number of aromatic nitrogens is 1. The molecule has 1 spiro atoms. The summed E-state index contributed by atoms with van der Waals surface area (Å²) in [6.07, 6.45) is 3.97.